The molecule has 4 aliphatic rings. The maximum absolute atomic E-state index is 12.9. The van der Waals surface area contributed by atoms with Crippen molar-refractivity contribution in [3.8, 4) is 0 Å². The van der Waals surface area contributed by atoms with Crippen LogP contribution in [0, 0.1) is 0 Å². The number of nitrogens with zero attached hydrogens (tertiary/aromatic N) is 2. The zero-order valence-corrected chi connectivity index (χ0v) is 16.6. The predicted molar refractivity (Wildman–Crippen MR) is 104 cm³/mol. The van der Waals surface area contributed by atoms with E-state index in [0.29, 0.717) is 24.2 Å². The lowest BCUT2D eigenvalue weighted by Gasteiger charge is -2.47. The second kappa shape index (κ2) is 6.97. The highest BCUT2D eigenvalue weighted by atomic mass is 16.5. The molecule has 3 fully saturated rings. The fourth-order valence-corrected chi connectivity index (χ4v) is 5.05. The van der Waals surface area contributed by atoms with Gasteiger partial charge in [-0.2, -0.15) is 0 Å². The average Bonchev–Trinajstić information content (AvgIpc) is 3.23. The Balaban J connectivity index is 1.28. The second-order valence-corrected chi connectivity index (χ2v) is 8.67. The highest BCUT2D eigenvalue weighted by Gasteiger charge is 2.49. The van der Waals surface area contributed by atoms with Crippen LogP contribution in [0.1, 0.15) is 52.0 Å². The van der Waals surface area contributed by atoms with Gasteiger partial charge in [-0.15, -0.1) is 0 Å². The van der Waals surface area contributed by atoms with Crippen molar-refractivity contribution in [2.24, 2.45) is 5.73 Å². The van der Waals surface area contributed by atoms with Crippen LogP contribution in [0.4, 0.5) is 0 Å². The molecule has 158 valence electrons. The molecule has 9 heteroatoms. The summed E-state index contributed by atoms with van der Waals surface area (Å²) < 4.78 is 6.07. The van der Waals surface area contributed by atoms with Crippen LogP contribution in [0.25, 0.3) is 0 Å². The van der Waals surface area contributed by atoms with Crippen molar-refractivity contribution in [2.75, 3.05) is 19.6 Å². The lowest BCUT2D eigenvalue weighted by molar-refractivity contribution is -0.136. The number of imide groups is 2. The van der Waals surface area contributed by atoms with E-state index >= 15 is 0 Å². The number of hydrogen-bond donors (Lipinski definition) is 2. The SMILES string of the molecule is NCC1CCC2(CN(Cc3ccc4c(c3)C(=O)N(C3CCC(=O)NC3=O)C4=O)C2)O1. The Hall–Kier alpha value is -2.62. The number of nitrogens with one attached hydrogen (secondary N) is 1. The fraction of sp³-hybridized carbons (Fsp3) is 0.524. The van der Waals surface area contributed by atoms with E-state index in [9.17, 15) is 19.2 Å². The van der Waals surface area contributed by atoms with Crippen molar-refractivity contribution in [3.05, 3.63) is 34.9 Å². The molecular weight excluding hydrogens is 388 g/mol. The monoisotopic (exact) mass is 412 g/mol. The zero-order chi connectivity index (χ0) is 21.0. The summed E-state index contributed by atoms with van der Waals surface area (Å²) in [6.45, 7) is 2.86. The van der Waals surface area contributed by atoms with Gasteiger partial charge in [-0.1, -0.05) is 6.07 Å². The molecule has 3 N–H and O–H groups in total. The lowest BCUT2D eigenvalue weighted by atomic mass is 9.90. The number of carbonyl (C=O) groups excluding carboxylic acids is 4. The Morgan fingerprint density at radius 2 is 1.87 bits per heavy atom. The van der Waals surface area contributed by atoms with Gasteiger partial charge in [-0.25, -0.2) is 0 Å². The van der Waals surface area contributed by atoms with Crippen LogP contribution in [0.3, 0.4) is 0 Å². The van der Waals surface area contributed by atoms with Crippen LogP contribution in [0.5, 0.6) is 0 Å². The van der Waals surface area contributed by atoms with Gasteiger partial charge in [0.1, 0.15) is 6.04 Å². The first kappa shape index (κ1) is 19.3. The quantitative estimate of drug-likeness (QED) is 0.656. The van der Waals surface area contributed by atoms with Crippen molar-refractivity contribution in [2.45, 2.75) is 50.0 Å². The smallest absolute Gasteiger partial charge is 0.262 e. The number of benzene rings is 1. The van der Waals surface area contributed by atoms with E-state index in [4.69, 9.17) is 10.5 Å². The Morgan fingerprint density at radius 1 is 1.10 bits per heavy atom. The summed E-state index contributed by atoms with van der Waals surface area (Å²) in [5.74, 6) is -1.94. The summed E-state index contributed by atoms with van der Waals surface area (Å²) in [6.07, 6.45) is 2.43. The molecule has 0 bridgehead atoms. The van der Waals surface area contributed by atoms with Crippen molar-refractivity contribution in [3.63, 3.8) is 0 Å². The molecule has 2 atom stereocenters. The third-order valence-corrected chi connectivity index (χ3v) is 6.54. The van der Waals surface area contributed by atoms with E-state index in [1.165, 1.54) is 0 Å². The zero-order valence-electron chi connectivity index (χ0n) is 16.6. The first-order chi connectivity index (χ1) is 14.4. The molecule has 2 unspecified atom stereocenters. The number of fused-ring (bicyclic) bond motifs is 1. The van der Waals surface area contributed by atoms with Gasteiger partial charge in [-0.3, -0.25) is 34.3 Å². The van der Waals surface area contributed by atoms with E-state index in [1.807, 2.05) is 6.07 Å². The highest BCUT2D eigenvalue weighted by Crippen LogP contribution is 2.38. The van der Waals surface area contributed by atoms with Crippen molar-refractivity contribution in [1.29, 1.82) is 0 Å². The molecule has 1 aromatic rings. The van der Waals surface area contributed by atoms with Gasteiger partial charge in [0, 0.05) is 32.6 Å². The van der Waals surface area contributed by atoms with Crippen molar-refractivity contribution in [1.82, 2.24) is 15.1 Å². The van der Waals surface area contributed by atoms with Crippen LogP contribution in [-0.4, -0.2) is 70.8 Å². The van der Waals surface area contributed by atoms with Crippen LogP contribution in [0.15, 0.2) is 18.2 Å². The van der Waals surface area contributed by atoms with Crippen molar-refractivity contribution >= 4 is 23.6 Å². The van der Waals surface area contributed by atoms with Crippen molar-refractivity contribution < 1.29 is 23.9 Å². The minimum atomic E-state index is -0.941. The highest BCUT2D eigenvalue weighted by molar-refractivity contribution is 6.23. The lowest BCUT2D eigenvalue weighted by Crippen LogP contribution is -2.61. The number of carbonyl (C=O) groups is 4. The minimum absolute atomic E-state index is 0.0882. The number of likely N-dealkylation sites (tertiary alicyclic amines) is 1. The summed E-state index contributed by atoms with van der Waals surface area (Å²) >= 11 is 0. The van der Waals surface area contributed by atoms with Gasteiger partial charge in [0.05, 0.1) is 22.8 Å². The first-order valence-electron chi connectivity index (χ1n) is 10.3. The summed E-state index contributed by atoms with van der Waals surface area (Å²) in [6, 6.07) is 4.30. The molecule has 0 aliphatic carbocycles. The normalized spacial score (nSPS) is 28.1. The number of ether oxygens (including phenoxy) is 1. The fourth-order valence-electron chi connectivity index (χ4n) is 5.05. The minimum Gasteiger partial charge on any atom is -0.368 e. The number of hydrogen-bond acceptors (Lipinski definition) is 7. The molecular formula is C21H24N4O5. The number of rotatable bonds is 4. The van der Waals surface area contributed by atoms with E-state index < -0.39 is 23.8 Å². The average molecular weight is 412 g/mol. The molecule has 30 heavy (non-hydrogen) atoms. The maximum atomic E-state index is 12.9. The number of amides is 4. The van der Waals surface area contributed by atoms with E-state index in [-0.39, 0.29) is 30.5 Å². The van der Waals surface area contributed by atoms with Gasteiger partial charge in [-0.05, 0) is 37.0 Å². The standard InChI is InChI=1S/C21H24N4O5/c22-8-13-5-6-21(30-13)10-24(11-21)9-12-1-2-14-15(7-12)20(29)25(19(14)28)16-3-4-17(26)23-18(16)27/h1-2,7,13,16H,3-6,8-11,22H2,(H,23,26,27). The molecule has 4 aliphatic heterocycles. The molecule has 0 saturated carbocycles. The molecule has 3 saturated heterocycles. The Bertz CT molecular complexity index is 955. The van der Waals surface area contributed by atoms with Gasteiger partial charge in [0.2, 0.25) is 11.8 Å². The molecule has 9 nitrogen and oxygen atoms in total. The van der Waals surface area contributed by atoms with Gasteiger partial charge >= 0.3 is 0 Å². The van der Waals surface area contributed by atoms with E-state index in [2.05, 4.69) is 10.2 Å². The molecule has 4 amide bonds. The topological polar surface area (TPSA) is 122 Å². The van der Waals surface area contributed by atoms with Crippen LogP contribution in [0.2, 0.25) is 0 Å². The van der Waals surface area contributed by atoms with Crippen LogP contribution in [-0.2, 0) is 20.9 Å². The predicted octanol–water partition coefficient (Wildman–Crippen LogP) is -0.220. The second-order valence-electron chi connectivity index (χ2n) is 8.67. The third kappa shape index (κ3) is 3.05. The van der Waals surface area contributed by atoms with E-state index in [0.717, 1.165) is 36.4 Å². The first-order valence-corrected chi connectivity index (χ1v) is 10.3. The Morgan fingerprint density at radius 3 is 2.57 bits per heavy atom. The largest absolute Gasteiger partial charge is 0.368 e. The van der Waals surface area contributed by atoms with Crippen LogP contribution >= 0.6 is 0 Å². The molecule has 0 aromatic heterocycles. The number of nitrogens with two attached hydrogens (primary N) is 1. The Kier molecular flexibility index (Phi) is 4.49. The van der Waals surface area contributed by atoms with Gasteiger partial charge in [0.25, 0.3) is 11.8 Å². The van der Waals surface area contributed by atoms with Crippen LogP contribution < -0.4 is 11.1 Å². The molecule has 5 rings (SSSR count). The summed E-state index contributed by atoms with van der Waals surface area (Å²) in [4.78, 5) is 52.5. The Labute approximate surface area is 173 Å². The third-order valence-electron chi connectivity index (χ3n) is 6.54. The molecule has 0 radical (unpaired) electrons. The summed E-state index contributed by atoms with van der Waals surface area (Å²) in [7, 11) is 0. The number of piperidine rings is 1. The molecule has 1 aromatic carbocycles. The summed E-state index contributed by atoms with van der Waals surface area (Å²) in [5, 5.41) is 2.21. The summed E-state index contributed by atoms with van der Waals surface area (Å²) in [5.41, 5.74) is 7.17. The van der Waals surface area contributed by atoms with E-state index in [1.54, 1.807) is 12.1 Å². The molecule has 4 heterocycles. The maximum Gasteiger partial charge on any atom is 0.262 e. The molecule has 1 spiro atoms. The van der Waals surface area contributed by atoms with Gasteiger partial charge in [0.15, 0.2) is 0 Å². The van der Waals surface area contributed by atoms with Gasteiger partial charge < -0.3 is 10.5 Å².